The van der Waals surface area contributed by atoms with Crippen molar-refractivity contribution in [2.45, 2.75) is 45.2 Å². The van der Waals surface area contributed by atoms with Crippen LogP contribution >= 0.6 is 12.4 Å². The highest BCUT2D eigenvalue weighted by atomic mass is 35.5. The van der Waals surface area contributed by atoms with Gasteiger partial charge in [0, 0.05) is 38.0 Å². The minimum Gasteiger partial charge on any atom is -0.497 e. The smallest absolute Gasteiger partial charge is 0.225 e. The fraction of sp³-hybridized carbons (Fsp3) is 0.571. The molecule has 7 nitrogen and oxygen atoms in total. The molecule has 0 aliphatic carbocycles. The number of piperidine rings is 1. The highest BCUT2D eigenvalue weighted by molar-refractivity contribution is 5.85. The lowest BCUT2D eigenvalue weighted by Gasteiger charge is -2.33. The van der Waals surface area contributed by atoms with Crippen LogP contribution in [0.15, 0.2) is 24.3 Å². The van der Waals surface area contributed by atoms with Crippen molar-refractivity contribution in [3.63, 3.8) is 0 Å². The molecule has 2 aliphatic heterocycles. The molecule has 1 saturated heterocycles. The average molecular weight is 420 g/mol. The van der Waals surface area contributed by atoms with Crippen LogP contribution in [0.3, 0.4) is 0 Å². The number of amides is 1. The highest BCUT2D eigenvalue weighted by Crippen LogP contribution is 2.29. The van der Waals surface area contributed by atoms with Crippen LogP contribution in [0.25, 0.3) is 0 Å². The zero-order valence-corrected chi connectivity index (χ0v) is 18.0. The van der Waals surface area contributed by atoms with E-state index in [0.717, 1.165) is 69.4 Å². The third kappa shape index (κ3) is 4.73. The Morgan fingerprint density at radius 2 is 1.93 bits per heavy atom. The van der Waals surface area contributed by atoms with Gasteiger partial charge in [-0.1, -0.05) is 19.1 Å². The van der Waals surface area contributed by atoms with Crippen molar-refractivity contribution in [2.75, 3.05) is 26.7 Å². The molecule has 1 fully saturated rings. The molecule has 3 heterocycles. The summed E-state index contributed by atoms with van der Waals surface area (Å²) in [6.45, 7) is 6.34. The molecule has 1 unspecified atom stereocenters. The van der Waals surface area contributed by atoms with Crippen LogP contribution in [0.5, 0.6) is 5.75 Å². The summed E-state index contributed by atoms with van der Waals surface area (Å²) in [6.07, 6.45) is 2.69. The minimum absolute atomic E-state index is 0. The second-order valence-corrected chi connectivity index (χ2v) is 7.86. The summed E-state index contributed by atoms with van der Waals surface area (Å²) in [7, 11) is 1.66. The number of rotatable bonds is 5. The minimum atomic E-state index is -0.0168. The number of nitrogens with one attached hydrogen (secondary N) is 1. The molecule has 158 valence electrons. The van der Waals surface area contributed by atoms with Crippen LogP contribution in [0.1, 0.15) is 42.9 Å². The van der Waals surface area contributed by atoms with Gasteiger partial charge in [-0.3, -0.25) is 4.79 Å². The Bertz CT molecular complexity index is 815. The molecule has 2 aliphatic rings. The number of fused-ring (bicyclic) bond motifs is 1. The molecule has 1 aromatic heterocycles. The van der Waals surface area contributed by atoms with E-state index in [2.05, 4.69) is 20.1 Å². The van der Waals surface area contributed by atoms with Crippen LogP contribution in [0.4, 0.5) is 0 Å². The second kappa shape index (κ2) is 9.59. The van der Waals surface area contributed by atoms with Crippen LogP contribution in [-0.2, 0) is 24.3 Å². The zero-order valence-electron chi connectivity index (χ0n) is 17.1. The molecular weight excluding hydrogens is 390 g/mol. The van der Waals surface area contributed by atoms with E-state index in [9.17, 15) is 4.79 Å². The quantitative estimate of drug-likeness (QED) is 0.805. The summed E-state index contributed by atoms with van der Waals surface area (Å²) in [5.41, 5.74) is 1.17. The Labute approximate surface area is 178 Å². The number of aromatic nitrogens is 3. The topological polar surface area (TPSA) is 72.3 Å². The Balaban J connectivity index is 0.00000240. The summed E-state index contributed by atoms with van der Waals surface area (Å²) in [6, 6.07) is 7.98. The van der Waals surface area contributed by atoms with E-state index in [4.69, 9.17) is 4.74 Å². The number of halogens is 1. The normalized spacial score (nSPS) is 17.9. The van der Waals surface area contributed by atoms with Gasteiger partial charge in [0.1, 0.15) is 17.4 Å². The number of benzene rings is 1. The fourth-order valence-electron chi connectivity index (χ4n) is 4.29. The molecule has 0 radical (unpaired) electrons. The SMILES string of the molecule is COc1ccc(CC(C)C(=O)N2CCC(c3nnc4n3CCNC4)CC2)cc1.Cl. The Kier molecular flexibility index (Phi) is 7.14. The molecule has 0 saturated carbocycles. The predicted molar refractivity (Wildman–Crippen MR) is 113 cm³/mol. The lowest BCUT2D eigenvalue weighted by Crippen LogP contribution is -2.41. The van der Waals surface area contributed by atoms with E-state index in [0.29, 0.717) is 5.92 Å². The first-order chi connectivity index (χ1) is 13.7. The van der Waals surface area contributed by atoms with Crippen molar-refractivity contribution < 1.29 is 9.53 Å². The van der Waals surface area contributed by atoms with E-state index in [1.54, 1.807) is 7.11 Å². The van der Waals surface area contributed by atoms with Gasteiger partial charge in [-0.05, 0) is 37.0 Å². The van der Waals surface area contributed by atoms with E-state index >= 15 is 0 Å². The van der Waals surface area contributed by atoms with E-state index in [-0.39, 0.29) is 24.2 Å². The molecule has 29 heavy (non-hydrogen) atoms. The first kappa shape index (κ1) is 21.6. The Morgan fingerprint density at radius 1 is 1.21 bits per heavy atom. The van der Waals surface area contributed by atoms with E-state index in [1.165, 1.54) is 5.56 Å². The molecule has 0 bridgehead atoms. The number of ether oxygens (including phenoxy) is 1. The van der Waals surface area contributed by atoms with Gasteiger partial charge < -0.3 is 19.5 Å². The highest BCUT2D eigenvalue weighted by Gasteiger charge is 2.30. The zero-order chi connectivity index (χ0) is 19.5. The van der Waals surface area contributed by atoms with Crippen LogP contribution in [0.2, 0.25) is 0 Å². The van der Waals surface area contributed by atoms with Gasteiger partial charge in [-0.25, -0.2) is 0 Å². The number of hydrogen-bond donors (Lipinski definition) is 1. The van der Waals surface area contributed by atoms with Gasteiger partial charge in [0.05, 0.1) is 13.7 Å². The van der Waals surface area contributed by atoms with Crippen molar-refractivity contribution in [3.05, 3.63) is 41.5 Å². The van der Waals surface area contributed by atoms with Crippen molar-refractivity contribution in [2.24, 2.45) is 5.92 Å². The van der Waals surface area contributed by atoms with Gasteiger partial charge in [-0.2, -0.15) is 0 Å². The number of nitrogens with zero attached hydrogens (tertiary/aromatic N) is 4. The van der Waals surface area contributed by atoms with E-state index < -0.39 is 0 Å². The molecular formula is C21H30ClN5O2. The standard InChI is InChI=1S/C21H29N5O2.ClH/c1-15(13-16-3-5-18(28-2)6-4-16)21(27)25-10-7-17(8-11-25)20-24-23-19-14-22-9-12-26(19)20;/h3-6,15,17,22H,7-14H2,1-2H3;1H. The first-order valence-electron chi connectivity index (χ1n) is 10.2. The van der Waals surface area contributed by atoms with Crippen molar-refractivity contribution in [3.8, 4) is 5.75 Å². The maximum atomic E-state index is 12.9. The van der Waals surface area contributed by atoms with Gasteiger partial charge in [0.2, 0.25) is 5.91 Å². The molecule has 1 amide bonds. The van der Waals surface area contributed by atoms with Crippen molar-refractivity contribution >= 4 is 18.3 Å². The summed E-state index contributed by atoms with van der Waals surface area (Å²) in [5, 5.41) is 12.1. The lowest BCUT2D eigenvalue weighted by atomic mass is 9.93. The summed E-state index contributed by atoms with van der Waals surface area (Å²) < 4.78 is 7.47. The Hall–Kier alpha value is -2.12. The second-order valence-electron chi connectivity index (χ2n) is 7.86. The maximum absolute atomic E-state index is 12.9. The number of carbonyl (C=O) groups excluding carboxylic acids is 1. The van der Waals surface area contributed by atoms with Crippen LogP contribution < -0.4 is 10.1 Å². The number of hydrogen-bond acceptors (Lipinski definition) is 5. The monoisotopic (exact) mass is 419 g/mol. The van der Waals surface area contributed by atoms with Gasteiger partial charge >= 0.3 is 0 Å². The largest absolute Gasteiger partial charge is 0.497 e. The Morgan fingerprint density at radius 3 is 2.62 bits per heavy atom. The summed E-state index contributed by atoms with van der Waals surface area (Å²) in [4.78, 5) is 14.9. The van der Waals surface area contributed by atoms with Gasteiger partial charge in [-0.15, -0.1) is 22.6 Å². The lowest BCUT2D eigenvalue weighted by molar-refractivity contribution is -0.136. The first-order valence-corrected chi connectivity index (χ1v) is 10.2. The van der Waals surface area contributed by atoms with Crippen molar-refractivity contribution in [1.82, 2.24) is 25.0 Å². The number of carbonyl (C=O) groups is 1. The average Bonchev–Trinajstić information content (AvgIpc) is 3.18. The molecule has 4 rings (SSSR count). The maximum Gasteiger partial charge on any atom is 0.225 e. The molecule has 0 spiro atoms. The molecule has 1 aromatic carbocycles. The summed E-state index contributed by atoms with van der Waals surface area (Å²) >= 11 is 0. The van der Waals surface area contributed by atoms with Gasteiger partial charge in [0.25, 0.3) is 0 Å². The van der Waals surface area contributed by atoms with Crippen LogP contribution in [-0.4, -0.2) is 52.3 Å². The molecule has 1 N–H and O–H groups in total. The van der Waals surface area contributed by atoms with Gasteiger partial charge in [0.15, 0.2) is 0 Å². The third-order valence-electron chi connectivity index (χ3n) is 5.95. The number of methoxy groups -OCH3 is 1. The molecule has 2 aromatic rings. The fourth-order valence-corrected chi connectivity index (χ4v) is 4.29. The molecule has 1 atom stereocenters. The predicted octanol–water partition coefficient (Wildman–Crippen LogP) is 2.40. The van der Waals surface area contributed by atoms with Crippen LogP contribution in [0, 0.1) is 5.92 Å². The summed E-state index contributed by atoms with van der Waals surface area (Å²) in [5.74, 6) is 3.62. The molecule has 8 heteroatoms. The third-order valence-corrected chi connectivity index (χ3v) is 5.95. The van der Waals surface area contributed by atoms with E-state index in [1.807, 2.05) is 36.1 Å². The number of likely N-dealkylation sites (tertiary alicyclic amines) is 1. The van der Waals surface area contributed by atoms with Crippen molar-refractivity contribution in [1.29, 1.82) is 0 Å².